The van der Waals surface area contributed by atoms with E-state index < -0.39 is 11.2 Å². The van der Waals surface area contributed by atoms with Crippen LogP contribution in [-0.4, -0.2) is 70.5 Å². The third kappa shape index (κ3) is 5.66. The van der Waals surface area contributed by atoms with Gasteiger partial charge in [0.15, 0.2) is 0 Å². The van der Waals surface area contributed by atoms with Crippen LogP contribution >= 0.6 is 0 Å². The van der Waals surface area contributed by atoms with Crippen molar-refractivity contribution in [3.63, 3.8) is 0 Å². The van der Waals surface area contributed by atoms with Crippen molar-refractivity contribution in [1.82, 2.24) is 9.80 Å². The number of nitrogens with zero attached hydrogens (tertiary/aromatic N) is 2. The van der Waals surface area contributed by atoms with Crippen molar-refractivity contribution >= 4 is 0 Å². The lowest BCUT2D eigenvalue weighted by Crippen LogP contribution is -2.48. The third-order valence-electron chi connectivity index (χ3n) is 7.13. The lowest BCUT2D eigenvalue weighted by molar-refractivity contribution is -0.0398. The minimum Gasteiger partial charge on any atom is -0.389 e. The van der Waals surface area contributed by atoms with Gasteiger partial charge in [-0.15, -0.1) is 0 Å². The number of hydrogen-bond acceptors (Lipinski definition) is 4. The first-order valence-corrected chi connectivity index (χ1v) is 10.8. The molecule has 3 fully saturated rings. The van der Waals surface area contributed by atoms with Crippen molar-refractivity contribution in [2.24, 2.45) is 11.8 Å². The molecule has 0 aromatic carbocycles. The zero-order valence-electron chi connectivity index (χ0n) is 16.6. The molecule has 1 aliphatic heterocycles. The van der Waals surface area contributed by atoms with E-state index in [-0.39, 0.29) is 0 Å². The van der Waals surface area contributed by atoms with Crippen LogP contribution in [0.15, 0.2) is 0 Å². The molecule has 0 aromatic heterocycles. The van der Waals surface area contributed by atoms with Crippen LogP contribution in [-0.2, 0) is 0 Å². The molecule has 0 amide bonds. The predicted octanol–water partition coefficient (Wildman–Crippen LogP) is 2.88. The minimum absolute atomic E-state index is 0.459. The molecule has 2 saturated carbocycles. The SMILES string of the molecule is CC1CCC(O)(CN2CCCN(CC3(O)CCC(C)CC3)CC2)CC1. The number of rotatable bonds is 4. The fourth-order valence-corrected chi connectivity index (χ4v) is 5.09. The van der Waals surface area contributed by atoms with Gasteiger partial charge in [0.2, 0.25) is 0 Å². The van der Waals surface area contributed by atoms with Gasteiger partial charge >= 0.3 is 0 Å². The summed E-state index contributed by atoms with van der Waals surface area (Å²) in [6.45, 7) is 10.5. The first-order chi connectivity index (χ1) is 11.9. The Morgan fingerprint density at radius 1 is 0.680 bits per heavy atom. The zero-order chi connectivity index (χ0) is 17.9. The molecule has 4 heteroatoms. The van der Waals surface area contributed by atoms with Gasteiger partial charge in [-0.1, -0.05) is 13.8 Å². The van der Waals surface area contributed by atoms with E-state index in [4.69, 9.17) is 0 Å². The molecule has 0 bridgehead atoms. The van der Waals surface area contributed by atoms with Crippen molar-refractivity contribution in [3.05, 3.63) is 0 Å². The fraction of sp³-hybridized carbons (Fsp3) is 1.00. The van der Waals surface area contributed by atoms with E-state index in [1.54, 1.807) is 0 Å². The zero-order valence-corrected chi connectivity index (χ0v) is 16.6. The second-order valence-electron chi connectivity index (χ2n) is 9.72. The first kappa shape index (κ1) is 19.6. The molecule has 1 saturated heterocycles. The van der Waals surface area contributed by atoms with Gasteiger partial charge in [-0.25, -0.2) is 0 Å². The topological polar surface area (TPSA) is 46.9 Å². The molecule has 4 nitrogen and oxygen atoms in total. The maximum Gasteiger partial charge on any atom is 0.0774 e. The molecular weight excluding hydrogens is 312 g/mol. The molecular formula is C21H40N2O2. The van der Waals surface area contributed by atoms with Crippen LogP contribution in [0.2, 0.25) is 0 Å². The molecule has 2 N–H and O–H groups in total. The van der Waals surface area contributed by atoms with Crippen LogP contribution < -0.4 is 0 Å². The lowest BCUT2D eigenvalue weighted by atomic mass is 9.79. The Kier molecular flexibility index (Phi) is 6.46. The van der Waals surface area contributed by atoms with Crippen molar-refractivity contribution in [2.45, 2.75) is 82.8 Å². The monoisotopic (exact) mass is 352 g/mol. The molecule has 2 aliphatic carbocycles. The molecule has 0 spiro atoms. The van der Waals surface area contributed by atoms with Crippen LogP contribution in [0.1, 0.15) is 71.6 Å². The number of hydrogen-bond donors (Lipinski definition) is 2. The molecule has 3 aliphatic rings. The highest BCUT2D eigenvalue weighted by Crippen LogP contribution is 2.34. The Morgan fingerprint density at radius 2 is 1.04 bits per heavy atom. The minimum atomic E-state index is -0.459. The maximum atomic E-state index is 10.9. The Bertz CT molecular complexity index is 374. The van der Waals surface area contributed by atoms with Gasteiger partial charge < -0.3 is 10.2 Å². The molecule has 146 valence electrons. The van der Waals surface area contributed by atoms with Crippen LogP contribution in [0.4, 0.5) is 0 Å². The Balaban J connectivity index is 1.46. The van der Waals surface area contributed by atoms with Crippen molar-refractivity contribution in [1.29, 1.82) is 0 Å². The Hall–Kier alpha value is -0.160. The molecule has 0 radical (unpaired) electrons. The summed E-state index contributed by atoms with van der Waals surface area (Å²) < 4.78 is 0. The van der Waals surface area contributed by atoms with Crippen LogP contribution in [0.3, 0.4) is 0 Å². The summed E-state index contributed by atoms with van der Waals surface area (Å²) >= 11 is 0. The average molecular weight is 353 g/mol. The van der Waals surface area contributed by atoms with E-state index in [0.29, 0.717) is 0 Å². The summed E-state index contributed by atoms with van der Waals surface area (Å²) in [5.74, 6) is 1.55. The van der Waals surface area contributed by atoms with Gasteiger partial charge in [0.25, 0.3) is 0 Å². The van der Waals surface area contributed by atoms with E-state index in [9.17, 15) is 10.2 Å². The van der Waals surface area contributed by atoms with E-state index in [0.717, 1.165) is 83.2 Å². The highest BCUT2D eigenvalue weighted by molar-refractivity contribution is 4.90. The van der Waals surface area contributed by atoms with Gasteiger partial charge in [-0.05, 0) is 82.7 Å². The second-order valence-corrected chi connectivity index (χ2v) is 9.72. The second kappa shape index (κ2) is 8.24. The first-order valence-electron chi connectivity index (χ1n) is 10.8. The molecule has 0 atom stereocenters. The van der Waals surface area contributed by atoms with Gasteiger partial charge in [0.1, 0.15) is 0 Å². The highest BCUT2D eigenvalue weighted by atomic mass is 16.3. The van der Waals surface area contributed by atoms with E-state index >= 15 is 0 Å². The quantitative estimate of drug-likeness (QED) is 0.817. The van der Waals surface area contributed by atoms with Gasteiger partial charge in [0.05, 0.1) is 11.2 Å². The number of β-amino-alcohol motifs (C(OH)–C–C–N with tert-alkyl or cyclic N) is 2. The predicted molar refractivity (Wildman–Crippen MR) is 103 cm³/mol. The van der Waals surface area contributed by atoms with Gasteiger partial charge in [-0.3, -0.25) is 9.80 Å². The van der Waals surface area contributed by atoms with E-state index in [1.807, 2.05) is 0 Å². The Morgan fingerprint density at radius 3 is 1.40 bits per heavy atom. The molecule has 0 aromatic rings. The van der Waals surface area contributed by atoms with E-state index in [2.05, 4.69) is 23.6 Å². The Labute approximate surface area is 154 Å². The van der Waals surface area contributed by atoms with Gasteiger partial charge in [-0.2, -0.15) is 0 Å². The van der Waals surface area contributed by atoms with Crippen molar-refractivity contribution in [2.75, 3.05) is 39.3 Å². The maximum absolute atomic E-state index is 10.9. The number of aliphatic hydroxyl groups is 2. The van der Waals surface area contributed by atoms with Crippen molar-refractivity contribution in [3.8, 4) is 0 Å². The third-order valence-corrected chi connectivity index (χ3v) is 7.13. The molecule has 25 heavy (non-hydrogen) atoms. The summed E-state index contributed by atoms with van der Waals surface area (Å²) in [6.07, 6.45) is 9.68. The standard InChI is InChI=1S/C21H40N2O2/c1-18-4-8-20(24,9-5-18)16-22-12-3-13-23(15-14-22)17-21(25)10-6-19(2)7-11-21/h18-19,24-25H,3-17H2,1-2H3. The average Bonchev–Trinajstić information content (AvgIpc) is 2.79. The van der Waals surface area contributed by atoms with Crippen LogP contribution in [0.5, 0.6) is 0 Å². The summed E-state index contributed by atoms with van der Waals surface area (Å²) in [5.41, 5.74) is -0.918. The molecule has 0 unspecified atom stereocenters. The largest absolute Gasteiger partial charge is 0.389 e. The molecule has 1 heterocycles. The normalized spacial score (nSPS) is 42.2. The highest BCUT2D eigenvalue weighted by Gasteiger charge is 2.36. The summed E-state index contributed by atoms with van der Waals surface area (Å²) in [5, 5.41) is 21.9. The van der Waals surface area contributed by atoms with E-state index in [1.165, 1.54) is 25.7 Å². The fourth-order valence-electron chi connectivity index (χ4n) is 5.09. The smallest absolute Gasteiger partial charge is 0.0774 e. The molecule has 3 rings (SSSR count). The summed E-state index contributed by atoms with van der Waals surface area (Å²) in [7, 11) is 0. The van der Waals surface area contributed by atoms with Gasteiger partial charge in [0, 0.05) is 26.2 Å². The van der Waals surface area contributed by atoms with Crippen molar-refractivity contribution < 1.29 is 10.2 Å². The lowest BCUT2D eigenvalue weighted by Gasteiger charge is -2.39. The summed E-state index contributed by atoms with van der Waals surface area (Å²) in [6, 6.07) is 0. The van der Waals surface area contributed by atoms with Crippen LogP contribution in [0.25, 0.3) is 0 Å². The summed E-state index contributed by atoms with van der Waals surface area (Å²) in [4.78, 5) is 4.95. The van der Waals surface area contributed by atoms with Crippen LogP contribution in [0, 0.1) is 11.8 Å².